The molecule has 1 heterocycles. The van der Waals surface area contributed by atoms with Gasteiger partial charge in [0.25, 0.3) is 0 Å². The molecule has 0 radical (unpaired) electrons. The molecule has 4 heteroatoms. The number of nitrogens with one attached hydrogen (secondary N) is 1. The fraction of sp³-hybridized carbons (Fsp3) is 0.438. The van der Waals surface area contributed by atoms with E-state index >= 15 is 0 Å². The Bertz CT molecular complexity index is 584. The highest BCUT2D eigenvalue weighted by Gasteiger charge is 2.17. The number of aromatic nitrogens is 1. The molecule has 0 saturated carbocycles. The van der Waals surface area contributed by atoms with Crippen LogP contribution in [0, 0.1) is 5.41 Å². The summed E-state index contributed by atoms with van der Waals surface area (Å²) >= 11 is 6.00. The first-order valence-electron chi connectivity index (χ1n) is 6.79. The molecule has 0 aliphatic carbocycles. The van der Waals surface area contributed by atoms with Gasteiger partial charge in [-0.2, -0.15) is 0 Å². The quantitative estimate of drug-likeness (QED) is 0.859. The van der Waals surface area contributed by atoms with Crippen molar-refractivity contribution in [3.05, 3.63) is 35.5 Å². The van der Waals surface area contributed by atoms with Gasteiger partial charge in [-0.05, 0) is 36.1 Å². The third kappa shape index (κ3) is 3.84. The van der Waals surface area contributed by atoms with Crippen LogP contribution in [0.25, 0.3) is 10.9 Å². The molecule has 1 N–H and O–H groups in total. The van der Waals surface area contributed by atoms with Gasteiger partial charge in [0.15, 0.2) is 0 Å². The first-order chi connectivity index (χ1) is 9.52. The number of ether oxygens (including phenoxy) is 1. The van der Waals surface area contributed by atoms with Gasteiger partial charge in [0.05, 0.1) is 5.52 Å². The van der Waals surface area contributed by atoms with E-state index in [9.17, 15) is 0 Å². The van der Waals surface area contributed by atoms with Crippen molar-refractivity contribution >= 4 is 28.2 Å². The minimum Gasteiger partial charge on any atom is -0.385 e. The highest BCUT2D eigenvalue weighted by Crippen LogP contribution is 2.27. The van der Waals surface area contributed by atoms with E-state index in [-0.39, 0.29) is 5.41 Å². The van der Waals surface area contributed by atoms with Crippen LogP contribution in [0.1, 0.15) is 20.3 Å². The zero-order valence-electron chi connectivity index (χ0n) is 12.2. The van der Waals surface area contributed by atoms with Gasteiger partial charge < -0.3 is 10.1 Å². The van der Waals surface area contributed by atoms with Crippen molar-refractivity contribution in [3.63, 3.8) is 0 Å². The summed E-state index contributed by atoms with van der Waals surface area (Å²) in [5.41, 5.74) is 2.19. The van der Waals surface area contributed by atoms with Crippen molar-refractivity contribution in [3.8, 4) is 0 Å². The maximum Gasteiger partial charge on any atom is 0.0737 e. The van der Waals surface area contributed by atoms with Crippen LogP contribution in [-0.2, 0) is 4.74 Å². The van der Waals surface area contributed by atoms with Crippen molar-refractivity contribution < 1.29 is 4.74 Å². The van der Waals surface area contributed by atoms with Crippen LogP contribution in [0.4, 0.5) is 5.69 Å². The molecule has 0 fully saturated rings. The zero-order chi connectivity index (χ0) is 14.6. The molecule has 0 bridgehead atoms. The molecule has 3 nitrogen and oxygen atoms in total. The first kappa shape index (κ1) is 15.1. The van der Waals surface area contributed by atoms with E-state index < -0.39 is 0 Å². The Kier molecular flexibility index (Phi) is 4.84. The fourth-order valence-electron chi connectivity index (χ4n) is 2.08. The average Bonchev–Trinajstić information content (AvgIpc) is 2.42. The summed E-state index contributed by atoms with van der Waals surface area (Å²) in [6.45, 7) is 6.14. The lowest BCUT2D eigenvalue weighted by atomic mass is 9.89. The Balaban J connectivity index is 2.14. The number of hydrogen-bond acceptors (Lipinski definition) is 3. The number of rotatable bonds is 6. The number of benzene rings is 1. The normalized spacial score (nSPS) is 11.8. The average molecular weight is 293 g/mol. The minimum atomic E-state index is 0.179. The van der Waals surface area contributed by atoms with E-state index in [0.29, 0.717) is 5.02 Å². The molecule has 0 saturated heterocycles. The van der Waals surface area contributed by atoms with Gasteiger partial charge >= 0.3 is 0 Å². The molecule has 2 aromatic rings. The lowest BCUT2D eigenvalue weighted by Crippen LogP contribution is -2.24. The summed E-state index contributed by atoms with van der Waals surface area (Å²) in [4.78, 5) is 4.35. The molecular formula is C16H21ClN2O. The predicted octanol–water partition coefficient (Wildman–Crippen LogP) is 4.36. The summed E-state index contributed by atoms with van der Waals surface area (Å²) in [6, 6.07) is 7.79. The topological polar surface area (TPSA) is 34.1 Å². The Morgan fingerprint density at radius 2 is 2.10 bits per heavy atom. The summed E-state index contributed by atoms with van der Waals surface area (Å²) in [5, 5.41) is 5.33. The van der Waals surface area contributed by atoms with Gasteiger partial charge in [0.2, 0.25) is 0 Å². The molecule has 0 aliphatic heterocycles. The number of pyridine rings is 1. The number of hydrogen-bond donors (Lipinski definition) is 1. The lowest BCUT2D eigenvalue weighted by Gasteiger charge is -2.25. The highest BCUT2D eigenvalue weighted by molar-refractivity contribution is 6.31. The second kappa shape index (κ2) is 6.42. The van der Waals surface area contributed by atoms with Crippen molar-refractivity contribution in [2.45, 2.75) is 20.3 Å². The second-order valence-electron chi connectivity index (χ2n) is 5.78. The van der Waals surface area contributed by atoms with Crippen LogP contribution in [0.5, 0.6) is 0 Å². The van der Waals surface area contributed by atoms with Gasteiger partial charge in [-0.25, -0.2) is 0 Å². The summed E-state index contributed by atoms with van der Waals surface area (Å²) < 4.78 is 5.16. The van der Waals surface area contributed by atoms with E-state index in [0.717, 1.165) is 36.2 Å². The second-order valence-corrected chi connectivity index (χ2v) is 6.22. The molecule has 108 valence electrons. The summed E-state index contributed by atoms with van der Waals surface area (Å²) in [7, 11) is 1.74. The Hall–Kier alpha value is -1.32. The molecule has 0 atom stereocenters. The SMILES string of the molecule is COCCC(C)(C)CNc1ccnc2cc(Cl)ccc12. The molecule has 0 unspecified atom stereocenters. The molecule has 0 amide bonds. The van der Waals surface area contributed by atoms with E-state index in [1.54, 1.807) is 7.11 Å². The van der Waals surface area contributed by atoms with Crippen molar-refractivity contribution in [1.29, 1.82) is 0 Å². The molecule has 0 aliphatic rings. The lowest BCUT2D eigenvalue weighted by molar-refractivity contribution is 0.157. The molecule has 0 spiro atoms. The molecular weight excluding hydrogens is 272 g/mol. The molecule has 1 aromatic heterocycles. The zero-order valence-corrected chi connectivity index (χ0v) is 13.0. The monoisotopic (exact) mass is 292 g/mol. The molecule has 20 heavy (non-hydrogen) atoms. The van der Waals surface area contributed by atoms with Crippen LogP contribution in [-0.4, -0.2) is 25.2 Å². The van der Waals surface area contributed by atoms with Gasteiger partial charge in [-0.15, -0.1) is 0 Å². The smallest absolute Gasteiger partial charge is 0.0737 e. The number of methoxy groups -OCH3 is 1. The highest BCUT2D eigenvalue weighted by atomic mass is 35.5. The number of anilines is 1. The third-order valence-corrected chi connectivity index (χ3v) is 3.68. The van der Waals surface area contributed by atoms with Gasteiger partial charge in [-0.1, -0.05) is 25.4 Å². The minimum absolute atomic E-state index is 0.179. The van der Waals surface area contributed by atoms with E-state index in [1.165, 1.54) is 0 Å². The van der Waals surface area contributed by atoms with Crippen LogP contribution >= 0.6 is 11.6 Å². The van der Waals surface area contributed by atoms with Crippen LogP contribution in [0.15, 0.2) is 30.5 Å². The summed E-state index contributed by atoms with van der Waals surface area (Å²) in [6.07, 6.45) is 2.83. The van der Waals surface area contributed by atoms with E-state index in [2.05, 4.69) is 24.1 Å². The van der Waals surface area contributed by atoms with Gasteiger partial charge in [0, 0.05) is 42.6 Å². The van der Waals surface area contributed by atoms with Crippen LogP contribution in [0.2, 0.25) is 5.02 Å². The summed E-state index contributed by atoms with van der Waals surface area (Å²) in [5.74, 6) is 0. The Morgan fingerprint density at radius 3 is 2.85 bits per heavy atom. The largest absolute Gasteiger partial charge is 0.385 e. The standard InChI is InChI=1S/C16H21ClN2O/c1-16(2,7-9-20-3)11-19-14-6-8-18-15-10-12(17)4-5-13(14)15/h4-6,8,10H,7,9,11H2,1-3H3,(H,18,19). The first-order valence-corrected chi connectivity index (χ1v) is 7.17. The molecule has 1 aromatic carbocycles. The van der Waals surface area contributed by atoms with Crippen LogP contribution in [0.3, 0.4) is 0 Å². The van der Waals surface area contributed by atoms with Crippen molar-refractivity contribution in [2.24, 2.45) is 5.41 Å². The van der Waals surface area contributed by atoms with E-state index in [4.69, 9.17) is 16.3 Å². The fourth-order valence-corrected chi connectivity index (χ4v) is 2.24. The third-order valence-electron chi connectivity index (χ3n) is 3.45. The van der Waals surface area contributed by atoms with Gasteiger partial charge in [-0.3, -0.25) is 4.98 Å². The Morgan fingerprint density at radius 1 is 1.30 bits per heavy atom. The maximum absolute atomic E-state index is 6.00. The van der Waals surface area contributed by atoms with Crippen molar-refractivity contribution in [2.75, 3.05) is 25.6 Å². The Labute approximate surface area is 125 Å². The van der Waals surface area contributed by atoms with Crippen LogP contribution < -0.4 is 5.32 Å². The van der Waals surface area contributed by atoms with Crippen molar-refractivity contribution in [1.82, 2.24) is 4.98 Å². The number of fused-ring (bicyclic) bond motifs is 1. The van der Waals surface area contributed by atoms with Gasteiger partial charge in [0.1, 0.15) is 0 Å². The number of halogens is 1. The molecule has 2 rings (SSSR count). The predicted molar refractivity (Wildman–Crippen MR) is 85.5 cm³/mol. The number of nitrogens with zero attached hydrogens (tertiary/aromatic N) is 1. The van der Waals surface area contributed by atoms with E-state index in [1.807, 2.05) is 30.5 Å². The maximum atomic E-state index is 6.00.